The molecule has 1 saturated heterocycles. The first-order valence-electron chi connectivity index (χ1n) is 10.1. The minimum absolute atomic E-state index is 0.0255. The number of carbonyl (C=O) groups excluding carboxylic acids is 2. The third kappa shape index (κ3) is 4.98. The first-order chi connectivity index (χ1) is 13.5. The minimum Gasteiger partial charge on any atom is -0.350 e. The van der Waals surface area contributed by atoms with E-state index in [0.717, 1.165) is 42.1 Å². The standard InChI is InChI=1S/C22H29N3O2S/c1-4-16-7-9-17(10-8-16)22(27)25-11-5-6-18(13-25)21-24-19(14-28-21)12-23-20(26)15(2)3/h7-10,14-15,18H,4-6,11-13H2,1-3H3,(H,23,26). The number of likely N-dealkylation sites (tertiary alicyclic amines) is 1. The smallest absolute Gasteiger partial charge is 0.253 e. The summed E-state index contributed by atoms with van der Waals surface area (Å²) in [5.74, 6) is 0.390. The van der Waals surface area contributed by atoms with Gasteiger partial charge in [-0.1, -0.05) is 32.9 Å². The Labute approximate surface area is 171 Å². The summed E-state index contributed by atoms with van der Waals surface area (Å²) in [5, 5.41) is 5.99. The predicted octanol–water partition coefficient (Wildman–Crippen LogP) is 4.00. The monoisotopic (exact) mass is 399 g/mol. The van der Waals surface area contributed by atoms with Crippen LogP contribution in [0.2, 0.25) is 0 Å². The first kappa shape index (κ1) is 20.5. The molecule has 0 aliphatic carbocycles. The van der Waals surface area contributed by atoms with Crippen molar-refractivity contribution in [1.29, 1.82) is 0 Å². The highest BCUT2D eigenvalue weighted by Gasteiger charge is 2.27. The zero-order chi connectivity index (χ0) is 20.1. The lowest BCUT2D eigenvalue weighted by molar-refractivity contribution is -0.124. The number of hydrogen-bond acceptors (Lipinski definition) is 4. The molecule has 1 aliphatic heterocycles. The molecule has 150 valence electrons. The molecule has 1 fully saturated rings. The third-order valence-corrected chi connectivity index (χ3v) is 6.26. The SMILES string of the molecule is CCc1ccc(C(=O)N2CCCC(c3nc(CNC(=O)C(C)C)cs3)C2)cc1. The Balaban J connectivity index is 1.61. The number of carbonyl (C=O) groups is 2. The van der Waals surface area contributed by atoms with E-state index < -0.39 is 0 Å². The summed E-state index contributed by atoms with van der Waals surface area (Å²) in [6, 6.07) is 7.94. The number of nitrogens with one attached hydrogen (secondary N) is 1. The summed E-state index contributed by atoms with van der Waals surface area (Å²) in [4.78, 5) is 31.3. The Morgan fingerprint density at radius 3 is 2.71 bits per heavy atom. The maximum absolute atomic E-state index is 12.9. The molecular weight excluding hydrogens is 370 g/mol. The molecule has 5 nitrogen and oxygen atoms in total. The molecule has 2 aromatic rings. The van der Waals surface area contributed by atoms with Crippen molar-refractivity contribution in [1.82, 2.24) is 15.2 Å². The van der Waals surface area contributed by atoms with E-state index in [9.17, 15) is 9.59 Å². The number of amides is 2. The highest BCUT2D eigenvalue weighted by Crippen LogP contribution is 2.30. The normalized spacial score (nSPS) is 17.0. The molecule has 1 aromatic carbocycles. The fourth-order valence-electron chi connectivity index (χ4n) is 3.40. The maximum Gasteiger partial charge on any atom is 0.253 e. The highest BCUT2D eigenvalue weighted by molar-refractivity contribution is 7.09. The highest BCUT2D eigenvalue weighted by atomic mass is 32.1. The summed E-state index contributed by atoms with van der Waals surface area (Å²) in [6.07, 6.45) is 3.01. The lowest BCUT2D eigenvalue weighted by atomic mass is 9.97. The Morgan fingerprint density at radius 2 is 2.04 bits per heavy atom. The van der Waals surface area contributed by atoms with Crippen LogP contribution in [-0.4, -0.2) is 34.8 Å². The second-order valence-corrected chi connectivity index (χ2v) is 8.58. The van der Waals surface area contributed by atoms with Gasteiger partial charge in [-0.15, -0.1) is 11.3 Å². The molecule has 1 unspecified atom stereocenters. The average molecular weight is 400 g/mol. The largest absolute Gasteiger partial charge is 0.350 e. The number of piperidine rings is 1. The van der Waals surface area contributed by atoms with E-state index in [2.05, 4.69) is 12.2 Å². The van der Waals surface area contributed by atoms with Gasteiger partial charge in [0.25, 0.3) is 5.91 Å². The topological polar surface area (TPSA) is 62.3 Å². The number of hydrogen-bond donors (Lipinski definition) is 1. The van der Waals surface area contributed by atoms with Crippen LogP contribution < -0.4 is 5.32 Å². The van der Waals surface area contributed by atoms with Crippen molar-refractivity contribution in [2.75, 3.05) is 13.1 Å². The van der Waals surface area contributed by atoms with Gasteiger partial charge in [0, 0.05) is 35.9 Å². The van der Waals surface area contributed by atoms with Crippen molar-refractivity contribution in [3.63, 3.8) is 0 Å². The Hall–Kier alpha value is -2.21. The van der Waals surface area contributed by atoms with Crippen LogP contribution in [0, 0.1) is 5.92 Å². The zero-order valence-corrected chi connectivity index (χ0v) is 17.7. The van der Waals surface area contributed by atoms with Gasteiger partial charge in [-0.2, -0.15) is 0 Å². The number of aryl methyl sites for hydroxylation is 1. The van der Waals surface area contributed by atoms with Gasteiger partial charge in [0.2, 0.25) is 5.91 Å². The van der Waals surface area contributed by atoms with Crippen molar-refractivity contribution in [2.24, 2.45) is 5.92 Å². The van der Waals surface area contributed by atoms with E-state index in [1.165, 1.54) is 5.56 Å². The Kier molecular flexibility index (Phi) is 6.83. The molecule has 1 aromatic heterocycles. The molecule has 3 rings (SSSR count). The Morgan fingerprint density at radius 1 is 1.29 bits per heavy atom. The second-order valence-electron chi connectivity index (χ2n) is 7.69. The predicted molar refractivity (Wildman–Crippen MR) is 112 cm³/mol. The fourth-order valence-corrected chi connectivity index (χ4v) is 4.35. The van der Waals surface area contributed by atoms with Crippen molar-refractivity contribution >= 4 is 23.2 Å². The van der Waals surface area contributed by atoms with Gasteiger partial charge in [0.15, 0.2) is 0 Å². The molecule has 0 bridgehead atoms. The summed E-state index contributed by atoms with van der Waals surface area (Å²) < 4.78 is 0. The lowest BCUT2D eigenvalue weighted by Gasteiger charge is -2.32. The molecule has 2 heterocycles. The average Bonchev–Trinajstić information content (AvgIpc) is 3.20. The van der Waals surface area contributed by atoms with Crippen LogP contribution in [0.5, 0.6) is 0 Å². The van der Waals surface area contributed by atoms with Crippen molar-refractivity contribution in [3.05, 3.63) is 51.5 Å². The van der Waals surface area contributed by atoms with Gasteiger partial charge in [0.1, 0.15) is 0 Å². The van der Waals surface area contributed by atoms with E-state index in [1.807, 2.05) is 48.4 Å². The summed E-state index contributed by atoms with van der Waals surface area (Å²) in [6.45, 7) is 7.85. The van der Waals surface area contributed by atoms with Crippen molar-refractivity contribution in [2.45, 2.75) is 52.5 Å². The number of benzene rings is 1. The van der Waals surface area contributed by atoms with E-state index in [0.29, 0.717) is 13.1 Å². The van der Waals surface area contributed by atoms with Crippen LogP contribution in [0.15, 0.2) is 29.6 Å². The van der Waals surface area contributed by atoms with Crippen LogP contribution in [0.25, 0.3) is 0 Å². The van der Waals surface area contributed by atoms with Crippen LogP contribution >= 0.6 is 11.3 Å². The maximum atomic E-state index is 12.9. The molecule has 0 radical (unpaired) electrons. The minimum atomic E-state index is -0.0255. The van der Waals surface area contributed by atoms with Crippen LogP contribution in [0.3, 0.4) is 0 Å². The number of thiazole rings is 1. The lowest BCUT2D eigenvalue weighted by Crippen LogP contribution is -2.39. The van der Waals surface area contributed by atoms with E-state index in [4.69, 9.17) is 4.98 Å². The van der Waals surface area contributed by atoms with Gasteiger partial charge < -0.3 is 10.2 Å². The quantitative estimate of drug-likeness (QED) is 0.799. The Bertz CT molecular complexity index is 813. The molecule has 1 atom stereocenters. The molecular formula is C22H29N3O2S. The summed E-state index contributed by atoms with van der Waals surface area (Å²) in [7, 11) is 0. The number of nitrogens with zero attached hydrogens (tertiary/aromatic N) is 2. The summed E-state index contributed by atoms with van der Waals surface area (Å²) >= 11 is 1.63. The molecule has 28 heavy (non-hydrogen) atoms. The summed E-state index contributed by atoms with van der Waals surface area (Å²) in [5.41, 5.74) is 2.90. The van der Waals surface area contributed by atoms with Gasteiger partial charge in [-0.3, -0.25) is 9.59 Å². The zero-order valence-electron chi connectivity index (χ0n) is 16.9. The van der Waals surface area contributed by atoms with Gasteiger partial charge >= 0.3 is 0 Å². The van der Waals surface area contributed by atoms with Crippen LogP contribution in [0.4, 0.5) is 0 Å². The molecule has 2 amide bonds. The molecule has 6 heteroatoms. The molecule has 0 spiro atoms. The van der Waals surface area contributed by atoms with Crippen molar-refractivity contribution < 1.29 is 9.59 Å². The molecule has 1 aliphatic rings. The van der Waals surface area contributed by atoms with E-state index in [1.54, 1.807) is 11.3 Å². The third-order valence-electron chi connectivity index (χ3n) is 5.20. The van der Waals surface area contributed by atoms with Crippen molar-refractivity contribution in [3.8, 4) is 0 Å². The molecule has 1 N–H and O–H groups in total. The van der Waals surface area contributed by atoms with Gasteiger partial charge in [-0.25, -0.2) is 4.98 Å². The van der Waals surface area contributed by atoms with E-state index >= 15 is 0 Å². The number of aromatic nitrogens is 1. The number of rotatable bonds is 6. The van der Waals surface area contributed by atoms with Crippen LogP contribution in [-0.2, 0) is 17.8 Å². The van der Waals surface area contributed by atoms with E-state index in [-0.39, 0.29) is 23.7 Å². The molecule has 0 saturated carbocycles. The first-order valence-corrected chi connectivity index (χ1v) is 11.0. The van der Waals surface area contributed by atoms with Gasteiger partial charge in [0.05, 0.1) is 17.2 Å². The second kappa shape index (κ2) is 9.32. The van der Waals surface area contributed by atoms with Gasteiger partial charge in [-0.05, 0) is 37.0 Å². The van der Waals surface area contributed by atoms with Crippen LogP contribution in [0.1, 0.15) is 66.2 Å². The fraction of sp³-hybridized carbons (Fsp3) is 0.500.